The van der Waals surface area contributed by atoms with Crippen LogP contribution in [0.25, 0.3) is 0 Å². The van der Waals surface area contributed by atoms with Crippen molar-refractivity contribution in [2.45, 2.75) is 25.7 Å². The molecule has 0 aromatic heterocycles. The number of carbonyl (C=O) groups excluding carboxylic acids is 1. The molecule has 1 aromatic rings. The van der Waals surface area contributed by atoms with Crippen molar-refractivity contribution >= 4 is 28.4 Å². The van der Waals surface area contributed by atoms with Crippen molar-refractivity contribution in [1.29, 1.82) is 0 Å². The summed E-state index contributed by atoms with van der Waals surface area (Å²) in [6.45, 7) is 0. The minimum Gasteiger partial charge on any atom is -0.299 e. The first-order chi connectivity index (χ1) is 6.75. The number of carbonyl (C=O) groups is 1. The Labute approximate surface area is 98.0 Å². The zero-order valence-corrected chi connectivity index (χ0v) is 10.2. The van der Waals surface area contributed by atoms with Crippen LogP contribution in [0.2, 0.25) is 0 Å². The largest absolute Gasteiger partial charge is 0.299 e. The third-order valence-electron chi connectivity index (χ3n) is 2.85. The molecule has 0 radical (unpaired) electrons. The van der Waals surface area contributed by atoms with Crippen molar-refractivity contribution < 1.29 is 4.79 Å². The Morgan fingerprint density at radius 1 is 1.29 bits per heavy atom. The van der Waals surface area contributed by atoms with Gasteiger partial charge in [0, 0.05) is 15.9 Å². The molecule has 0 amide bonds. The summed E-state index contributed by atoms with van der Waals surface area (Å²) >= 11 is 2.28. The predicted octanol–water partition coefficient (Wildman–Crippen LogP) is 3.20. The highest BCUT2D eigenvalue weighted by molar-refractivity contribution is 14.1. The minimum atomic E-state index is 0.370. The van der Waals surface area contributed by atoms with Crippen molar-refractivity contribution in [1.82, 2.24) is 0 Å². The van der Waals surface area contributed by atoms with Crippen molar-refractivity contribution in [3.05, 3.63) is 33.4 Å². The van der Waals surface area contributed by atoms with Crippen LogP contribution in [0.15, 0.2) is 24.3 Å². The van der Waals surface area contributed by atoms with Crippen LogP contribution in [0.3, 0.4) is 0 Å². The smallest absolute Gasteiger partial charge is 0.140 e. The van der Waals surface area contributed by atoms with Gasteiger partial charge in [0.1, 0.15) is 5.78 Å². The third-order valence-corrected chi connectivity index (χ3v) is 3.57. The number of Topliss-reactive ketones (excluding diaryl/α,β-unsaturated/α-hetero) is 1. The number of ketones is 1. The number of hydrogen-bond acceptors (Lipinski definition) is 1. The van der Waals surface area contributed by atoms with E-state index < -0.39 is 0 Å². The molecule has 1 aromatic carbocycles. The van der Waals surface area contributed by atoms with Gasteiger partial charge in [0.25, 0.3) is 0 Å². The van der Waals surface area contributed by atoms with E-state index in [-0.39, 0.29) is 0 Å². The summed E-state index contributed by atoms with van der Waals surface area (Å²) in [6.07, 6.45) is 4.09. The molecular weight excluding hydrogens is 287 g/mol. The van der Waals surface area contributed by atoms with E-state index in [1.165, 1.54) is 9.99 Å². The molecule has 0 spiro atoms. The van der Waals surface area contributed by atoms with Crippen LogP contribution >= 0.6 is 22.6 Å². The van der Waals surface area contributed by atoms with Crippen molar-refractivity contribution in [3.8, 4) is 0 Å². The molecule has 1 aliphatic rings. The highest BCUT2D eigenvalue weighted by Crippen LogP contribution is 2.28. The summed E-state index contributed by atoms with van der Waals surface area (Å²) in [6, 6.07) is 8.23. The second-order valence-corrected chi connectivity index (χ2v) is 5.14. The van der Waals surface area contributed by atoms with Crippen LogP contribution in [-0.4, -0.2) is 5.78 Å². The van der Waals surface area contributed by atoms with E-state index in [4.69, 9.17) is 0 Å². The lowest BCUT2D eigenvalue weighted by atomic mass is 9.80. The molecule has 0 unspecified atom stereocenters. The molecule has 1 nitrogen and oxygen atoms in total. The van der Waals surface area contributed by atoms with Gasteiger partial charge in [0.15, 0.2) is 0 Å². The molecule has 0 atom stereocenters. The molecule has 2 rings (SSSR count). The van der Waals surface area contributed by atoms with Gasteiger partial charge in [0.05, 0.1) is 0 Å². The van der Waals surface area contributed by atoms with Crippen LogP contribution in [0.1, 0.15) is 24.8 Å². The van der Waals surface area contributed by atoms with E-state index in [0.29, 0.717) is 18.1 Å². The van der Waals surface area contributed by atoms with Crippen molar-refractivity contribution in [2.75, 3.05) is 0 Å². The Bertz CT molecular complexity index is 325. The normalized spacial score (nSPS) is 16.4. The van der Waals surface area contributed by atoms with Gasteiger partial charge in [-0.05, 0) is 53.1 Å². The van der Waals surface area contributed by atoms with Gasteiger partial charge in [-0.1, -0.05) is 18.6 Å². The Kier molecular flexibility index (Phi) is 3.21. The fourth-order valence-electron chi connectivity index (χ4n) is 1.68. The van der Waals surface area contributed by atoms with E-state index in [9.17, 15) is 4.79 Å². The van der Waals surface area contributed by atoms with E-state index in [1.807, 2.05) is 0 Å². The lowest BCUT2D eigenvalue weighted by molar-refractivity contribution is -0.124. The second-order valence-electron chi connectivity index (χ2n) is 3.90. The summed E-state index contributed by atoms with van der Waals surface area (Å²) in [7, 11) is 0. The third kappa shape index (κ3) is 2.35. The summed E-state index contributed by atoms with van der Waals surface area (Å²) in [5.41, 5.74) is 1.15. The first-order valence-electron chi connectivity index (χ1n) is 5.03. The topological polar surface area (TPSA) is 17.1 Å². The second kappa shape index (κ2) is 4.43. The van der Waals surface area contributed by atoms with Gasteiger partial charge in [0.2, 0.25) is 0 Å². The van der Waals surface area contributed by atoms with E-state index >= 15 is 0 Å². The first-order valence-corrected chi connectivity index (χ1v) is 6.11. The van der Waals surface area contributed by atoms with E-state index in [0.717, 1.165) is 18.4 Å². The molecule has 0 bridgehead atoms. The van der Waals surface area contributed by atoms with Gasteiger partial charge < -0.3 is 0 Å². The van der Waals surface area contributed by atoms with Gasteiger partial charge in [-0.25, -0.2) is 0 Å². The summed E-state index contributed by atoms with van der Waals surface area (Å²) in [4.78, 5) is 11.7. The number of halogens is 1. The number of hydrogen-bond donors (Lipinski definition) is 0. The average molecular weight is 300 g/mol. The van der Waals surface area contributed by atoms with Crippen LogP contribution in [0.4, 0.5) is 0 Å². The molecule has 1 aliphatic carbocycles. The standard InChI is InChI=1S/C12H13IO/c13-11-6-4-9(5-7-11)8-12(14)10-2-1-3-10/h4-7,10H,1-3,8H2. The SMILES string of the molecule is O=C(Cc1ccc(I)cc1)C1CCC1. The zero-order chi connectivity index (χ0) is 9.97. The maximum absolute atomic E-state index is 11.7. The van der Waals surface area contributed by atoms with Crippen molar-refractivity contribution in [2.24, 2.45) is 5.92 Å². The molecule has 2 heteroatoms. The maximum Gasteiger partial charge on any atom is 0.140 e. The molecular formula is C12H13IO. The van der Waals surface area contributed by atoms with E-state index in [2.05, 4.69) is 46.9 Å². The van der Waals surface area contributed by atoms with Crippen LogP contribution in [0.5, 0.6) is 0 Å². The highest BCUT2D eigenvalue weighted by atomic mass is 127. The summed E-state index contributed by atoms with van der Waals surface area (Å²) < 4.78 is 1.22. The summed E-state index contributed by atoms with van der Waals surface area (Å²) in [5, 5.41) is 0. The van der Waals surface area contributed by atoms with Gasteiger partial charge >= 0.3 is 0 Å². The lowest BCUT2D eigenvalue weighted by Crippen LogP contribution is -2.23. The molecule has 0 heterocycles. The average Bonchev–Trinajstić information content (AvgIpc) is 2.06. The number of benzene rings is 1. The molecule has 0 aliphatic heterocycles. The highest BCUT2D eigenvalue weighted by Gasteiger charge is 2.24. The summed E-state index contributed by atoms with van der Waals surface area (Å²) in [5.74, 6) is 0.798. The molecule has 74 valence electrons. The van der Waals surface area contributed by atoms with Gasteiger partial charge in [-0.3, -0.25) is 4.79 Å². The lowest BCUT2D eigenvalue weighted by Gasteiger charge is -2.23. The zero-order valence-electron chi connectivity index (χ0n) is 8.00. The molecule has 14 heavy (non-hydrogen) atoms. The fourth-order valence-corrected chi connectivity index (χ4v) is 2.04. The molecule has 0 saturated heterocycles. The van der Waals surface area contributed by atoms with E-state index in [1.54, 1.807) is 0 Å². The van der Waals surface area contributed by atoms with Crippen LogP contribution < -0.4 is 0 Å². The van der Waals surface area contributed by atoms with Crippen LogP contribution in [-0.2, 0) is 11.2 Å². The fraction of sp³-hybridized carbons (Fsp3) is 0.417. The maximum atomic E-state index is 11.7. The minimum absolute atomic E-state index is 0.370. The predicted molar refractivity (Wildman–Crippen MR) is 65.2 cm³/mol. The Morgan fingerprint density at radius 3 is 2.43 bits per heavy atom. The Hall–Kier alpha value is -0.380. The Morgan fingerprint density at radius 2 is 1.93 bits per heavy atom. The molecule has 1 fully saturated rings. The van der Waals surface area contributed by atoms with Crippen LogP contribution in [0, 0.1) is 9.49 Å². The van der Waals surface area contributed by atoms with Crippen molar-refractivity contribution in [3.63, 3.8) is 0 Å². The monoisotopic (exact) mass is 300 g/mol. The molecule has 0 N–H and O–H groups in total. The molecule has 1 saturated carbocycles. The van der Waals surface area contributed by atoms with Gasteiger partial charge in [-0.2, -0.15) is 0 Å². The quantitative estimate of drug-likeness (QED) is 0.784. The first kappa shape index (κ1) is 10.1. The Balaban J connectivity index is 1.96. The number of rotatable bonds is 3. The van der Waals surface area contributed by atoms with Gasteiger partial charge in [-0.15, -0.1) is 0 Å².